The molecule has 1 heterocycles. The van der Waals surface area contributed by atoms with E-state index in [1.807, 2.05) is 0 Å². The Morgan fingerprint density at radius 2 is 2.04 bits per heavy atom. The molecule has 0 bridgehead atoms. The largest absolute Gasteiger partial charge is 0.385 e. The van der Waals surface area contributed by atoms with Crippen molar-refractivity contribution in [2.24, 2.45) is 5.92 Å². The maximum absolute atomic E-state index is 11.8. The van der Waals surface area contributed by atoms with E-state index in [1.165, 1.54) is 18.2 Å². The van der Waals surface area contributed by atoms with Crippen molar-refractivity contribution in [3.8, 4) is 0 Å². The van der Waals surface area contributed by atoms with E-state index in [-0.39, 0.29) is 4.90 Å². The molecule has 134 valence electrons. The Balaban J connectivity index is 2.00. The number of rotatable bonds is 7. The SMILES string of the molecule is CC(CNc1ccc([N+](=O)[O-])c(S(C)(=O)=O)c1)CN1CCOCC1. The minimum Gasteiger partial charge on any atom is -0.385 e. The van der Waals surface area contributed by atoms with E-state index < -0.39 is 20.4 Å². The molecule has 8 nitrogen and oxygen atoms in total. The highest BCUT2D eigenvalue weighted by molar-refractivity contribution is 7.90. The quantitative estimate of drug-likeness (QED) is 0.581. The normalized spacial score (nSPS) is 17.4. The number of hydrogen-bond donors (Lipinski definition) is 1. The predicted octanol–water partition coefficient (Wildman–Crippen LogP) is 1.38. The predicted molar refractivity (Wildman–Crippen MR) is 91.1 cm³/mol. The van der Waals surface area contributed by atoms with Gasteiger partial charge in [-0.15, -0.1) is 0 Å². The molecule has 1 aliphatic heterocycles. The molecule has 1 unspecified atom stereocenters. The molecule has 0 aromatic heterocycles. The summed E-state index contributed by atoms with van der Waals surface area (Å²) in [7, 11) is -3.67. The van der Waals surface area contributed by atoms with Crippen LogP contribution < -0.4 is 5.32 Å². The van der Waals surface area contributed by atoms with Crippen LogP contribution in [-0.4, -0.2) is 63.9 Å². The van der Waals surface area contributed by atoms with E-state index in [0.717, 1.165) is 39.1 Å². The first-order valence-electron chi connectivity index (χ1n) is 7.80. The van der Waals surface area contributed by atoms with Gasteiger partial charge >= 0.3 is 0 Å². The average Bonchev–Trinajstić information content (AvgIpc) is 2.52. The minimum atomic E-state index is -3.67. The third kappa shape index (κ3) is 5.15. The van der Waals surface area contributed by atoms with E-state index >= 15 is 0 Å². The van der Waals surface area contributed by atoms with Crippen LogP contribution in [0, 0.1) is 16.0 Å². The summed E-state index contributed by atoms with van der Waals surface area (Å²) in [5, 5.41) is 14.1. The molecule has 0 radical (unpaired) electrons. The molecular weight excluding hydrogens is 334 g/mol. The van der Waals surface area contributed by atoms with E-state index in [9.17, 15) is 18.5 Å². The summed E-state index contributed by atoms with van der Waals surface area (Å²) in [5.41, 5.74) is 0.166. The highest BCUT2D eigenvalue weighted by Gasteiger charge is 2.22. The van der Waals surface area contributed by atoms with Crippen LogP contribution in [0.25, 0.3) is 0 Å². The zero-order valence-electron chi connectivity index (χ0n) is 13.9. The summed E-state index contributed by atoms with van der Waals surface area (Å²) in [6, 6.07) is 4.09. The molecule has 24 heavy (non-hydrogen) atoms. The van der Waals surface area contributed by atoms with Crippen LogP contribution in [0.15, 0.2) is 23.1 Å². The Labute approximate surface area is 141 Å². The Morgan fingerprint density at radius 3 is 2.62 bits per heavy atom. The lowest BCUT2D eigenvalue weighted by molar-refractivity contribution is -0.387. The molecular formula is C15H23N3O5S. The number of anilines is 1. The van der Waals surface area contributed by atoms with Crippen LogP contribution >= 0.6 is 0 Å². The third-order valence-electron chi connectivity index (χ3n) is 3.88. The molecule has 0 amide bonds. The molecule has 9 heteroatoms. The van der Waals surface area contributed by atoms with E-state index in [1.54, 1.807) is 0 Å². The maximum Gasteiger partial charge on any atom is 0.288 e. The van der Waals surface area contributed by atoms with Crippen LogP contribution in [-0.2, 0) is 14.6 Å². The van der Waals surface area contributed by atoms with Crippen molar-refractivity contribution in [2.45, 2.75) is 11.8 Å². The zero-order valence-corrected chi connectivity index (χ0v) is 14.7. The molecule has 0 aliphatic carbocycles. The number of nitro benzene ring substituents is 1. The summed E-state index contributed by atoms with van der Waals surface area (Å²) in [6.45, 7) is 7.01. The van der Waals surface area contributed by atoms with Gasteiger partial charge in [-0.1, -0.05) is 6.92 Å². The molecule has 1 aromatic rings. The second-order valence-electron chi connectivity index (χ2n) is 6.11. The summed E-state index contributed by atoms with van der Waals surface area (Å²) < 4.78 is 28.8. The average molecular weight is 357 g/mol. The van der Waals surface area contributed by atoms with Gasteiger partial charge < -0.3 is 10.1 Å². The Kier molecular flexibility index (Phi) is 6.14. The minimum absolute atomic E-state index is 0.265. The second-order valence-corrected chi connectivity index (χ2v) is 8.09. The number of ether oxygens (including phenoxy) is 1. The molecule has 1 saturated heterocycles. The number of nitrogens with zero attached hydrogens (tertiary/aromatic N) is 2. The maximum atomic E-state index is 11.8. The van der Waals surface area contributed by atoms with E-state index in [0.29, 0.717) is 18.2 Å². The van der Waals surface area contributed by atoms with E-state index in [4.69, 9.17) is 4.74 Å². The summed E-state index contributed by atoms with van der Waals surface area (Å²) in [4.78, 5) is 12.4. The van der Waals surface area contributed by atoms with E-state index in [2.05, 4.69) is 17.1 Å². The fraction of sp³-hybridized carbons (Fsp3) is 0.600. The number of hydrogen-bond acceptors (Lipinski definition) is 7. The van der Waals surface area contributed by atoms with Gasteiger partial charge in [0.25, 0.3) is 5.69 Å². The first-order chi connectivity index (χ1) is 11.3. The van der Waals surface area contributed by atoms with Gasteiger partial charge in [0.1, 0.15) is 4.90 Å². The lowest BCUT2D eigenvalue weighted by Gasteiger charge is -2.29. The van der Waals surface area contributed by atoms with Crippen molar-refractivity contribution in [2.75, 3.05) is 51.0 Å². The number of nitrogens with one attached hydrogen (secondary N) is 1. The van der Waals surface area contributed by atoms with Gasteiger partial charge in [0.15, 0.2) is 9.84 Å². The van der Waals surface area contributed by atoms with Crippen molar-refractivity contribution >= 4 is 21.2 Å². The van der Waals surface area contributed by atoms with Crippen LogP contribution in [0.4, 0.5) is 11.4 Å². The smallest absolute Gasteiger partial charge is 0.288 e. The van der Waals surface area contributed by atoms with Crippen molar-refractivity contribution in [1.82, 2.24) is 4.90 Å². The van der Waals surface area contributed by atoms with Crippen LogP contribution in [0.5, 0.6) is 0 Å². The molecule has 1 aliphatic rings. The number of morpholine rings is 1. The topological polar surface area (TPSA) is 102 Å². The molecule has 1 fully saturated rings. The molecule has 1 atom stereocenters. The highest BCUT2D eigenvalue weighted by atomic mass is 32.2. The highest BCUT2D eigenvalue weighted by Crippen LogP contribution is 2.27. The number of nitro groups is 1. The van der Waals surface area contributed by atoms with Crippen LogP contribution in [0.1, 0.15) is 6.92 Å². The van der Waals surface area contributed by atoms with Gasteiger partial charge in [-0.25, -0.2) is 8.42 Å². The first kappa shape index (κ1) is 18.6. The molecule has 0 spiro atoms. The van der Waals surface area contributed by atoms with Crippen LogP contribution in [0.3, 0.4) is 0 Å². The lowest BCUT2D eigenvalue weighted by atomic mass is 10.1. The zero-order chi connectivity index (χ0) is 17.7. The van der Waals surface area contributed by atoms with Gasteiger partial charge in [-0.3, -0.25) is 15.0 Å². The number of sulfone groups is 1. The Hall–Kier alpha value is -1.71. The molecule has 2 rings (SSSR count). The number of benzene rings is 1. The molecule has 1 aromatic carbocycles. The Morgan fingerprint density at radius 1 is 1.38 bits per heavy atom. The molecule has 0 saturated carbocycles. The van der Waals surface area contributed by atoms with Gasteiger partial charge in [0, 0.05) is 44.2 Å². The first-order valence-corrected chi connectivity index (χ1v) is 9.69. The van der Waals surface area contributed by atoms with Crippen molar-refractivity contribution in [3.05, 3.63) is 28.3 Å². The third-order valence-corrected chi connectivity index (χ3v) is 5.01. The standard InChI is InChI=1S/C15H23N3O5S/c1-12(11-17-5-7-23-8-6-17)10-16-13-3-4-14(18(19)20)15(9-13)24(2,21)22/h3-4,9,12,16H,5-8,10-11H2,1-2H3. The monoisotopic (exact) mass is 357 g/mol. The van der Waals surface area contributed by atoms with Gasteiger partial charge in [-0.05, 0) is 18.1 Å². The fourth-order valence-electron chi connectivity index (χ4n) is 2.65. The van der Waals surface area contributed by atoms with Crippen molar-refractivity contribution < 1.29 is 18.1 Å². The summed E-state index contributed by atoms with van der Waals surface area (Å²) in [6.07, 6.45) is 0.972. The van der Waals surface area contributed by atoms with Crippen molar-refractivity contribution in [1.29, 1.82) is 0 Å². The lowest BCUT2D eigenvalue weighted by Crippen LogP contribution is -2.40. The van der Waals surface area contributed by atoms with Gasteiger partial charge in [-0.2, -0.15) is 0 Å². The fourth-order valence-corrected chi connectivity index (χ4v) is 3.52. The van der Waals surface area contributed by atoms with Crippen molar-refractivity contribution in [3.63, 3.8) is 0 Å². The Bertz CT molecular complexity index is 686. The van der Waals surface area contributed by atoms with Crippen LogP contribution in [0.2, 0.25) is 0 Å². The molecule has 1 N–H and O–H groups in total. The van der Waals surface area contributed by atoms with Gasteiger partial charge in [0.2, 0.25) is 0 Å². The summed E-state index contributed by atoms with van der Waals surface area (Å²) >= 11 is 0. The summed E-state index contributed by atoms with van der Waals surface area (Å²) in [5.74, 6) is 0.347. The van der Waals surface area contributed by atoms with Gasteiger partial charge in [0.05, 0.1) is 18.1 Å². The second kappa shape index (κ2) is 7.91.